The molecule has 0 saturated heterocycles. The van der Waals surface area contributed by atoms with E-state index in [2.05, 4.69) is 34.0 Å². The van der Waals surface area contributed by atoms with Crippen molar-refractivity contribution in [2.45, 2.75) is 23.6 Å². The first-order valence-corrected chi connectivity index (χ1v) is 8.14. The Hall–Kier alpha value is -2.47. The van der Waals surface area contributed by atoms with Crippen LogP contribution in [-0.2, 0) is 4.74 Å². The van der Waals surface area contributed by atoms with Gasteiger partial charge in [0.1, 0.15) is 0 Å². The van der Waals surface area contributed by atoms with Crippen molar-refractivity contribution in [2.24, 2.45) is 5.10 Å². The zero-order valence-electron chi connectivity index (χ0n) is 12.9. The first-order chi connectivity index (χ1) is 11.2. The van der Waals surface area contributed by atoms with Crippen molar-refractivity contribution >= 4 is 34.9 Å². The summed E-state index contributed by atoms with van der Waals surface area (Å²) in [5.74, 6) is 0. The average Bonchev–Trinajstić information content (AvgIpc) is 2.57. The Morgan fingerprint density at radius 1 is 1.22 bits per heavy atom. The van der Waals surface area contributed by atoms with Crippen LogP contribution < -0.4 is 10.7 Å². The number of para-hydroxylation sites is 1. The summed E-state index contributed by atoms with van der Waals surface area (Å²) in [5, 5.41) is 7.50. The summed E-state index contributed by atoms with van der Waals surface area (Å²) in [6, 6.07) is 14.3. The van der Waals surface area contributed by atoms with E-state index in [9.17, 15) is 4.79 Å². The predicted molar refractivity (Wildman–Crippen MR) is 92.7 cm³/mol. The topological polar surface area (TPSA) is 62.7 Å². The maximum atomic E-state index is 11.3. The summed E-state index contributed by atoms with van der Waals surface area (Å²) in [6.45, 7) is 3.92. The van der Waals surface area contributed by atoms with Gasteiger partial charge >= 0.3 is 6.09 Å². The molecule has 5 nitrogen and oxygen atoms in total. The van der Waals surface area contributed by atoms with Crippen molar-refractivity contribution in [3.63, 3.8) is 0 Å². The van der Waals surface area contributed by atoms with Gasteiger partial charge in [0.2, 0.25) is 0 Å². The van der Waals surface area contributed by atoms with Crippen LogP contribution in [-0.4, -0.2) is 18.4 Å². The van der Waals surface area contributed by atoms with E-state index < -0.39 is 6.09 Å². The van der Waals surface area contributed by atoms with E-state index in [0.29, 0.717) is 12.3 Å². The number of amides is 1. The molecule has 0 saturated carbocycles. The number of carbonyl (C=O) groups is 1. The van der Waals surface area contributed by atoms with E-state index in [1.807, 2.05) is 31.2 Å². The van der Waals surface area contributed by atoms with Crippen molar-refractivity contribution in [2.75, 3.05) is 11.9 Å². The van der Waals surface area contributed by atoms with Crippen LogP contribution in [0.1, 0.15) is 19.4 Å². The van der Waals surface area contributed by atoms with Crippen LogP contribution in [0.15, 0.2) is 57.4 Å². The van der Waals surface area contributed by atoms with E-state index >= 15 is 0 Å². The average molecular weight is 327 g/mol. The second kappa shape index (κ2) is 6.75. The summed E-state index contributed by atoms with van der Waals surface area (Å²) in [7, 11) is 0. The van der Waals surface area contributed by atoms with Crippen molar-refractivity contribution < 1.29 is 9.53 Å². The van der Waals surface area contributed by atoms with Gasteiger partial charge in [0.05, 0.1) is 23.7 Å². The highest BCUT2D eigenvalue weighted by atomic mass is 32.2. The van der Waals surface area contributed by atoms with Gasteiger partial charge in [-0.25, -0.2) is 10.2 Å². The van der Waals surface area contributed by atoms with E-state index in [-0.39, 0.29) is 0 Å². The van der Waals surface area contributed by atoms with Crippen molar-refractivity contribution in [1.29, 1.82) is 0 Å². The number of ether oxygens (including phenoxy) is 1. The first-order valence-electron chi connectivity index (χ1n) is 7.32. The molecule has 1 amide bonds. The monoisotopic (exact) mass is 327 g/mol. The Morgan fingerprint density at radius 2 is 2.00 bits per heavy atom. The van der Waals surface area contributed by atoms with Crippen LogP contribution in [0.2, 0.25) is 0 Å². The fourth-order valence-corrected chi connectivity index (χ4v) is 3.19. The second-order valence-electron chi connectivity index (χ2n) is 4.96. The lowest BCUT2D eigenvalue weighted by Gasteiger charge is -2.21. The molecule has 0 fully saturated rings. The third-order valence-corrected chi connectivity index (χ3v) is 4.52. The van der Waals surface area contributed by atoms with Crippen LogP contribution in [0.5, 0.6) is 0 Å². The lowest BCUT2D eigenvalue weighted by molar-refractivity contribution is 0.152. The highest BCUT2D eigenvalue weighted by Gasteiger charge is 2.15. The summed E-state index contributed by atoms with van der Waals surface area (Å²) >= 11 is 1.74. The number of hydrazone groups is 1. The zero-order valence-corrected chi connectivity index (χ0v) is 13.7. The van der Waals surface area contributed by atoms with Gasteiger partial charge in [0.15, 0.2) is 0 Å². The minimum absolute atomic E-state index is 0.319. The van der Waals surface area contributed by atoms with E-state index in [0.717, 1.165) is 16.9 Å². The van der Waals surface area contributed by atoms with Crippen LogP contribution in [0.3, 0.4) is 0 Å². The number of fused-ring (bicyclic) bond motifs is 2. The number of nitrogens with one attached hydrogen (secondary N) is 2. The fourth-order valence-electron chi connectivity index (χ4n) is 2.22. The number of benzene rings is 2. The SMILES string of the molecule is CCOC(=O)NN=C(C)c1ccc2c(c1)Nc1ccccc1S2. The molecule has 1 aliphatic rings. The molecule has 1 heterocycles. The molecule has 0 unspecified atom stereocenters. The largest absolute Gasteiger partial charge is 0.449 e. The lowest BCUT2D eigenvalue weighted by Crippen LogP contribution is -2.20. The molecule has 0 spiro atoms. The molecule has 1 aliphatic heterocycles. The van der Waals surface area contributed by atoms with Crippen molar-refractivity contribution in [1.82, 2.24) is 5.43 Å². The molecule has 2 N–H and O–H groups in total. The van der Waals surface area contributed by atoms with E-state index in [4.69, 9.17) is 4.74 Å². The van der Waals surface area contributed by atoms with Gasteiger partial charge in [-0.15, -0.1) is 0 Å². The smallest absolute Gasteiger partial charge is 0.427 e. The summed E-state index contributed by atoms with van der Waals surface area (Å²) in [6.07, 6.45) is -0.549. The number of nitrogens with zero attached hydrogens (tertiary/aromatic N) is 1. The van der Waals surface area contributed by atoms with Crippen LogP contribution in [0.4, 0.5) is 16.2 Å². The standard InChI is InChI=1S/C17H17N3O2S/c1-3-22-17(21)20-19-11(2)12-8-9-16-14(10-12)18-13-6-4-5-7-15(13)23-16/h4-10,18H,3H2,1-2H3,(H,20,21). The molecule has 0 aromatic heterocycles. The summed E-state index contributed by atoms with van der Waals surface area (Å²) < 4.78 is 4.78. The molecule has 0 radical (unpaired) electrons. The Balaban J connectivity index is 1.79. The molecule has 3 rings (SSSR count). The van der Waals surface area contributed by atoms with Gasteiger partial charge in [0.25, 0.3) is 0 Å². The maximum Gasteiger partial charge on any atom is 0.427 e. The quantitative estimate of drug-likeness (QED) is 0.554. The second-order valence-corrected chi connectivity index (χ2v) is 6.05. The van der Waals surface area contributed by atoms with Gasteiger partial charge in [0, 0.05) is 9.79 Å². The fraction of sp³-hybridized carbons (Fsp3) is 0.176. The third kappa shape index (κ3) is 3.48. The zero-order chi connectivity index (χ0) is 16.2. The first kappa shape index (κ1) is 15.4. The van der Waals surface area contributed by atoms with Crippen LogP contribution >= 0.6 is 11.8 Å². The van der Waals surface area contributed by atoms with Crippen molar-refractivity contribution in [3.8, 4) is 0 Å². The number of rotatable bonds is 3. The summed E-state index contributed by atoms with van der Waals surface area (Å²) in [4.78, 5) is 13.7. The Labute approximate surface area is 139 Å². The Morgan fingerprint density at radius 3 is 2.83 bits per heavy atom. The summed E-state index contributed by atoms with van der Waals surface area (Å²) in [5.41, 5.74) is 6.17. The van der Waals surface area contributed by atoms with Gasteiger partial charge in [-0.05, 0) is 43.7 Å². The highest BCUT2D eigenvalue weighted by molar-refractivity contribution is 7.99. The van der Waals surface area contributed by atoms with E-state index in [1.54, 1.807) is 18.7 Å². The minimum Gasteiger partial charge on any atom is -0.449 e. The van der Waals surface area contributed by atoms with Crippen LogP contribution in [0.25, 0.3) is 0 Å². The number of hydrogen-bond acceptors (Lipinski definition) is 5. The van der Waals surface area contributed by atoms with Gasteiger partial charge < -0.3 is 10.1 Å². The van der Waals surface area contributed by atoms with E-state index in [1.165, 1.54) is 9.79 Å². The third-order valence-electron chi connectivity index (χ3n) is 3.36. The maximum absolute atomic E-state index is 11.3. The molecule has 2 aromatic carbocycles. The molecular weight excluding hydrogens is 310 g/mol. The Bertz CT molecular complexity index is 774. The normalized spacial score (nSPS) is 12.7. The minimum atomic E-state index is -0.549. The molecule has 0 bridgehead atoms. The number of hydrogen-bond donors (Lipinski definition) is 2. The predicted octanol–water partition coefficient (Wildman–Crippen LogP) is 4.36. The number of anilines is 2. The van der Waals surface area contributed by atoms with Crippen molar-refractivity contribution in [3.05, 3.63) is 48.0 Å². The molecule has 118 valence electrons. The molecule has 0 aliphatic carbocycles. The van der Waals surface area contributed by atoms with Gasteiger partial charge in [-0.1, -0.05) is 30.0 Å². The molecular formula is C17H17N3O2S. The van der Waals surface area contributed by atoms with Gasteiger partial charge in [-0.3, -0.25) is 0 Å². The molecule has 2 aromatic rings. The molecule has 6 heteroatoms. The lowest BCUT2D eigenvalue weighted by atomic mass is 10.1. The number of carbonyl (C=O) groups excluding carboxylic acids is 1. The Kier molecular flexibility index (Phi) is 4.52. The van der Waals surface area contributed by atoms with Gasteiger partial charge in [-0.2, -0.15) is 5.10 Å². The molecule has 23 heavy (non-hydrogen) atoms. The van der Waals surface area contributed by atoms with Crippen LogP contribution in [0, 0.1) is 0 Å². The molecule has 0 atom stereocenters. The highest BCUT2D eigenvalue weighted by Crippen LogP contribution is 2.44.